The molecule has 0 aromatic carbocycles. The second-order valence-electron chi connectivity index (χ2n) is 5.85. The third kappa shape index (κ3) is 1.62. The maximum Gasteiger partial charge on any atom is 0.160 e. The number of rotatable bonds is 3. The molecule has 0 bridgehead atoms. The van der Waals surface area contributed by atoms with Crippen molar-refractivity contribution in [2.45, 2.75) is 50.6 Å². The molecule has 2 fully saturated rings. The molecule has 19 heavy (non-hydrogen) atoms. The topological polar surface area (TPSA) is 42.7 Å². The van der Waals surface area contributed by atoms with Crippen LogP contribution in [0, 0.1) is 0 Å². The van der Waals surface area contributed by atoms with Crippen molar-refractivity contribution in [3.05, 3.63) is 24.2 Å². The Bertz CT molecular complexity index is 606. The van der Waals surface area contributed by atoms with Crippen LogP contribution in [-0.2, 0) is 5.54 Å². The lowest BCUT2D eigenvalue weighted by atomic mass is 9.93. The monoisotopic (exact) mass is 256 g/mol. The number of pyridine rings is 1. The van der Waals surface area contributed by atoms with E-state index in [1.165, 1.54) is 31.5 Å². The number of hydrogen-bond donors (Lipinski definition) is 1. The van der Waals surface area contributed by atoms with Crippen LogP contribution in [0.25, 0.3) is 11.2 Å². The molecule has 1 atom stereocenters. The summed E-state index contributed by atoms with van der Waals surface area (Å²) in [6.45, 7) is 3.37. The zero-order chi connectivity index (χ0) is 12.9. The highest BCUT2D eigenvalue weighted by atomic mass is 15.2. The van der Waals surface area contributed by atoms with E-state index < -0.39 is 0 Å². The van der Waals surface area contributed by atoms with Gasteiger partial charge in [0.05, 0.1) is 5.54 Å². The van der Waals surface area contributed by atoms with Crippen LogP contribution in [0.4, 0.5) is 0 Å². The van der Waals surface area contributed by atoms with Crippen LogP contribution in [-0.4, -0.2) is 21.1 Å². The highest BCUT2D eigenvalue weighted by Gasteiger charge is 2.41. The van der Waals surface area contributed by atoms with E-state index >= 15 is 0 Å². The van der Waals surface area contributed by atoms with E-state index in [0.29, 0.717) is 6.04 Å². The van der Waals surface area contributed by atoms with Gasteiger partial charge in [-0.25, -0.2) is 9.97 Å². The van der Waals surface area contributed by atoms with E-state index in [2.05, 4.69) is 27.9 Å². The smallest absolute Gasteiger partial charge is 0.160 e. The highest BCUT2D eigenvalue weighted by molar-refractivity contribution is 5.72. The zero-order valence-electron chi connectivity index (χ0n) is 11.4. The molecule has 4 nitrogen and oxygen atoms in total. The largest absolute Gasteiger partial charge is 0.308 e. The Kier molecular flexibility index (Phi) is 2.42. The lowest BCUT2D eigenvalue weighted by Crippen LogP contribution is -2.38. The summed E-state index contributed by atoms with van der Waals surface area (Å²) in [6, 6.07) is 4.70. The van der Waals surface area contributed by atoms with Crippen molar-refractivity contribution in [2.24, 2.45) is 0 Å². The van der Waals surface area contributed by atoms with Gasteiger partial charge in [0.25, 0.3) is 0 Å². The summed E-state index contributed by atoms with van der Waals surface area (Å²) in [5.41, 5.74) is 2.19. The van der Waals surface area contributed by atoms with Gasteiger partial charge in [-0.15, -0.1) is 0 Å². The van der Waals surface area contributed by atoms with E-state index in [-0.39, 0.29) is 5.54 Å². The quantitative estimate of drug-likeness (QED) is 0.918. The van der Waals surface area contributed by atoms with Crippen LogP contribution in [0.15, 0.2) is 18.3 Å². The summed E-state index contributed by atoms with van der Waals surface area (Å²) in [5.74, 6) is 1.23. The lowest BCUT2D eigenvalue weighted by molar-refractivity contribution is 0.339. The van der Waals surface area contributed by atoms with Gasteiger partial charge in [-0.3, -0.25) is 0 Å². The first-order valence-electron chi connectivity index (χ1n) is 7.42. The molecule has 2 aliphatic rings. The molecule has 4 heteroatoms. The Labute approximate surface area is 113 Å². The third-order valence-electron chi connectivity index (χ3n) is 4.64. The van der Waals surface area contributed by atoms with Crippen molar-refractivity contribution in [3.8, 4) is 0 Å². The van der Waals surface area contributed by atoms with Gasteiger partial charge in [0.2, 0.25) is 0 Å². The van der Waals surface area contributed by atoms with Crippen molar-refractivity contribution in [1.82, 2.24) is 19.9 Å². The first-order valence-corrected chi connectivity index (χ1v) is 7.42. The van der Waals surface area contributed by atoms with E-state index in [9.17, 15) is 0 Å². The molecule has 3 heterocycles. The maximum atomic E-state index is 4.94. The summed E-state index contributed by atoms with van der Waals surface area (Å²) in [7, 11) is 0. The van der Waals surface area contributed by atoms with Gasteiger partial charge in [0.15, 0.2) is 5.65 Å². The number of hydrogen-bond acceptors (Lipinski definition) is 3. The summed E-state index contributed by atoms with van der Waals surface area (Å²) in [6.07, 6.45) is 7.97. The van der Waals surface area contributed by atoms with Crippen molar-refractivity contribution in [1.29, 1.82) is 0 Å². The SMILES string of the molecule is CCC1(c2nc3cccnc3n2C2CC2)CCCN1. The molecular weight excluding hydrogens is 236 g/mol. The minimum absolute atomic E-state index is 0.0727. The molecule has 1 unspecified atom stereocenters. The molecule has 100 valence electrons. The summed E-state index contributed by atoms with van der Waals surface area (Å²) < 4.78 is 2.41. The molecule has 1 saturated carbocycles. The normalized spacial score (nSPS) is 27.2. The second kappa shape index (κ2) is 4.04. The molecule has 1 aliphatic carbocycles. The predicted octanol–water partition coefficient (Wildman–Crippen LogP) is 2.75. The molecular formula is C15H20N4. The molecule has 0 amide bonds. The summed E-state index contributed by atoms with van der Waals surface area (Å²) >= 11 is 0. The van der Waals surface area contributed by atoms with E-state index in [1.807, 2.05) is 12.3 Å². The molecule has 1 N–H and O–H groups in total. The fourth-order valence-electron chi connectivity index (χ4n) is 3.40. The van der Waals surface area contributed by atoms with Crippen LogP contribution < -0.4 is 5.32 Å². The Morgan fingerprint density at radius 2 is 2.37 bits per heavy atom. The number of nitrogens with zero attached hydrogens (tertiary/aromatic N) is 3. The average Bonchev–Trinajstić information content (AvgIpc) is 3.05. The van der Waals surface area contributed by atoms with Crippen molar-refractivity contribution < 1.29 is 0 Å². The molecule has 2 aromatic rings. The van der Waals surface area contributed by atoms with Crippen molar-refractivity contribution in [3.63, 3.8) is 0 Å². The lowest BCUT2D eigenvalue weighted by Gasteiger charge is -2.28. The first-order chi connectivity index (χ1) is 9.34. The van der Waals surface area contributed by atoms with Gasteiger partial charge in [-0.1, -0.05) is 6.92 Å². The highest BCUT2D eigenvalue weighted by Crippen LogP contribution is 2.43. The number of aromatic nitrogens is 3. The van der Waals surface area contributed by atoms with Gasteiger partial charge in [-0.2, -0.15) is 0 Å². The second-order valence-corrected chi connectivity index (χ2v) is 5.85. The maximum absolute atomic E-state index is 4.94. The van der Waals surface area contributed by atoms with E-state index in [0.717, 1.165) is 24.1 Å². The van der Waals surface area contributed by atoms with Gasteiger partial charge in [0.1, 0.15) is 11.3 Å². The Morgan fingerprint density at radius 1 is 1.47 bits per heavy atom. The average molecular weight is 256 g/mol. The molecule has 0 spiro atoms. The van der Waals surface area contributed by atoms with Crippen LogP contribution in [0.2, 0.25) is 0 Å². The number of nitrogens with one attached hydrogen (secondary N) is 1. The summed E-state index contributed by atoms with van der Waals surface area (Å²) in [5, 5.41) is 3.71. The van der Waals surface area contributed by atoms with Crippen LogP contribution in [0.1, 0.15) is 50.9 Å². The Morgan fingerprint density at radius 3 is 3.05 bits per heavy atom. The van der Waals surface area contributed by atoms with Gasteiger partial charge < -0.3 is 9.88 Å². The number of fused-ring (bicyclic) bond motifs is 1. The third-order valence-corrected chi connectivity index (χ3v) is 4.64. The molecule has 2 aromatic heterocycles. The minimum atomic E-state index is 0.0727. The van der Waals surface area contributed by atoms with Crippen LogP contribution in [0.3, 0.4) is 0 Å². The Balaban J connectivity index is 1.95. The fourth-order valence-corrected chi connectivity index (χ4v) is 3.40. The van der Waals surface area contributed by atoms with Crippen LogP contribution >= 0.6 is 0 Å². The first kappa shape index (κ1) is 11.4. The van der Waals surface area contributed by atoms with Gasteiger partial charge in [0, 0.05) is 12.2 Å². The molecule has 1 aliphatic heterocycles. The zero-order valence-corrected chi connectivity index (χ0v) is 11.4. The molecule has 0 radical (unpaired) electrons. The molecule has 4 rings (SSSR count). The van der Waals surface area contributed by atoms with Crippen molar-refractivity contribution >= 4 is 11.2 Å². The minimum Gasteiger partial charge on any atom is -0.308 e. The van der Waals surface area contributed by atoms with Gasteiger partial charge in [-0.05, 0) is 50.8 Å². The Hall–Kier alpha value is -1.42. The van der Waals surface area contributed by atoms with Crippen LogP contribution in [0.5, 0.6) is 0 Å². The standard InChI is InChI=1S/C15H20N4/c1-2-15(8-4-10-17-15)14-18-12-5-3-9-16-13(12)19(14)11-6-7-11/h3,5,9,11,17H,2,4,6-8,10H2,1H3. The summed E-state index contributed by atoms with van der Waals surface area (Å²) in [4.78, 5) is 9.51. The fraction of sp³-hybridized carbons (Fsp3) is 0.600. The van der Waals surface area contributed by atoms with Crippen molar-refractivity contribution in [2.75, 3.05) is 6.54 Å². The van der Waals surface area contributed by atoms with Gasteiger partial charge >= 0.3 is 0 Å². The van der Waals surface area contributed by atoms with E-state index in [1.54, 1.807) is 0 Å². The van der Waals surface area contributed by atoms with E-state index in [4.69, 9.17) is 4.98 Å². The number of imidazole rings is 1. The predicted molar refractivity (Wildman–Crippen MR) is 75.0 cm³/mol. The molecule has 1 saturated heterocycles.